The molecule has 0 saturated carbocycles. The molecule has 0 saturated heterocycles. The maximum absolute atomic E-state index is 12.7. The number of allylic oxidation sites excluding steroid dienone is 2. The Morgan fingerprint density at radius 3 is 2.15 bits per heavy atom. The molecule has 3 aromatic rings. The number of ether oxygens (including phenoxy) is 2. The van der Waals surface area contributed by atoms with Gasteiger partial charge in [-0.05, 0) is 86.7 Å². The third-order valence-corrected chi connectivity index (χ3v) is 5.86. The summed E-state index contributed by atoms with van der Waals surface area (Å²) < 4.78 is 23.7. The van der Waals surface area contributed by atoms with Gasteiger partial charge in [0, 0.05) is 19.2 Å². The Labute approximate surface area is 237 Å². The lowest BCUT2D eigenvalue weighted by molar-refractivity contribution is -0.125. The molecule has 0 aliphatic heterocycles. The van der Waals surface area contributed by atoms with Crippen molar-refractivity contribution in [2.24, 2.45) is 5.92 Å². The predicted octanol–water partition coefficient (Wildman–Crippen LogP) is 7.32. The Hall–Kier alpha value is -3.97. The van der Waals surface area contributed by atoms with Crippen LogP contribution in [0.5, 0.6) is 11.5 Å². The maximum Gasteiger partial charge on any atom is 0.220 e. The predicted molar refractivity (Wildman–Crippen MR) is 159 cm³/mol. The van der Waals surface area contributed by atoms with Gasteiger partial charge in [-0.1, -0.05) is 48.9 Å². The fourth-order valence-corrected chi connectivity index (χ4v) is 3.66. The molecule has 0 aromatic heterocycles. The van der Waals surface area contributed by atoms with Crippen molar-refractivity contribution < 1.29 is 23.5 Å². The molecule has 6 nitrogen and oxygen atoms in total. The van der Waals surface area contributed by atoms with Crippen molar-refractivity contribution in [3.63, 3.8) is 0 Å². The minimum absolute atomic E-state index is 0.0971. The lowest BCUT2D eigenvalue weighted by Crippen LogP contribution is -2.39. The van der Waals surface area contributed by atoms with E-state index in [2.05, 4.69) is 37.5 Å². The second kappa shape index (κ2) is 18.3. The van der Waals surface area contributed by atoms with Gasteiger partial charge >= 0.3 is 0 Å². The van der Waals surface area contributed by atoms with Gasteiger partial charge in [0.15, 0.2) is 0 Å². The van der Waals surface area contributed by atoms with Crippen LogP contribution in [0.15, 0.2) is 90.5 Å². The van der Waals surface area contributed by atoms with Crippen molar-refractivity contribution in [1.82, 2.24) is 5.32 Å². The minimum atomic E-state index is -0.591. The standard InChI is InChI=1S/C20H29NO3.C13H12FNO/c1-16(2)8-7-9-17(3)12-20(23)21-19(13-22)15-24-14-18-10-5-4-6-11-18;1-15-11-4-8-13(9-5-11)16-12-6-2-10(14)3-7-12/h4-6,8,10-11,13,17,19H,7,9,12,14-15H2,1-3H3,(H,21,23);2-9,15H,1H3/t17-,19?;/m0./s1. The van der Waals surface area contributed by atoms with Gasteiger partial charge in [0.2, 0.25) is 5.91 Å². The van der Waals surface area contributed by atoms with Crippen LogP contribution < -0.4 is 15.4 Å². The molecule has 3 aromatic carbocycles. The second-order valence-corrected chi connectivity index (χ2v) is 9.81. The monoisotopic (exact) mass is 548 g/mol. The minimum Gasteiger partial charge on any atom is -0.457 e. The van der Waals surface area contributed by atoms with Crippen LogP contribution in [0.1, 0.15) is 45.6 Å². The lowest BCUT2D eigenvalue weighted by Gasteiger charge is -2.15. The van der Waals surface area contributed by atoms with Gasteiger partial charge in [-0.25, -0.2) is 4.39 Å². The topological polar surface area (TPSA) is 76.7 Å². The summed E-state index contributed by atoms with van der Waals surface area (Å²) in [6.07, 6.45) is 5.29. The summed E-state index contributed by atoms with van der Waals surface area (Å²) in [4.78, 5) is 23.1. The molecule has 1 unspecified atom stereocenters. The van der Waals surface area contributed by atoms with Crippen molar-refractivity contribution in [2.45, 2.75) is 52.7 Å². The zero-order valence-corrected chi connectivity index (χ0v) is 23.9. The number of halogens is 1. The van der Waals surface area contributed by atoms with E-state index >= 15 is 0 Å². The number of anilines is 1. The van der Waals surface area contributed by atoms with E-state index in [1.807, 2.05) is 61.6 Å². The van der Waals surface area contributed by atoms with Crippen molar-refractivity contribution in [1.29, 1.82) is 0 Å². The number of rotatable bonds is 14. The van der Waals surface area contributed by atoms with Gasteiger partial charge < -0.3 is 24.9 Å². The van der Waals surface area contributed by atoms with Crippen LogP contribution in [0.25, 0.3) is 0 Å². The van der Waals surface area contributed by atoms with Crippen LogP contribution in [-0.2, 0) is 20.9 Å². The van der Waals surface area contributed by atoms with E-state index in [4.69, 9.17) is 9.47 Å². The van der Waals surface area contributed by atoms with Crippen LogP contribution in [0.2, 0.25) is 0 Å². The zero-order valence-electron chi connectivity index (χ0n) is 23.9. The summed E-state index contributed by atoms with van der Waals surface area (Å²) in [7, 11) is 1.86. The number of nitrogens with one attached hydrogen (secondary N) is 2. The highest BCUT2D eigenvalue weighted by Gasteiger charge is 2.14. The molecule has 7 heteroatoms. The van der Waals surface area contributed by atoms with Crippen molar-refractivity contribution in [3.05, 3.63) is 102 Å². The van der Waals surface area contributed by atoms with Crippen molar-refractivity contribution in [3.8, 4) is 11.5 Å². The molecule has 0 spiro atoms. The van der Waals surface area contributed by atoms with Crippen molar-refractivity contribution in [2.75, 3.05) is 19.0 Å². The Morgan fingerprint density at radius 1 is 0.950 bits per heavy atom. The molecule has 3 rings (SSSR count). The molecular formula is C33H41FN2O4. The fourth-order valence-electron chi connectivity index (χ4n) is 3.66. The number of amides is 1. The van der Waals surface area contributed by atoms with E-state index in [9.17, 15) is 14.0 Å². The molecular weight excluding hydrogens is 507 g/mol. The van der Waals surface area contributed by atoms with Crippen molar-refractivity contribution >= 4 is 17.9 Å². The maximum atomic E-state index is 12.7. The summed E-state index contributed by atoms with van der Waals surface area (Å²) in [6, 6.07) is 22.6. The molecule has 0 aliphatic carbocycles. The van der Waals surface area contributed by atoms with Gasteiger partial charge in [-0.3, -0.25) is 4.79 Å². The molecule has 2 N–H and O–H groups in total. The van der Waals surface area contributed by atoms with E-state index in [0.717, 1.165) is 36.1 Å². The first-order valence-corrected chi connectivity index (χ1v) is 13.5. The highest BCUT2D eigenvalue weighted by molar-refractivity contribution is 5.79. The number of benzene rings is 3. The first kappa shape index (κ1) is 32.2. The Bertz CT molecular complexity index is 1160. The smallest absolute Gasteiger partial charge is 0.220 e. The van der Waals surface area contributed by atoms with E-state index in [-0.39, 0.29) is 24.2 Å². The summed E-state index contributed by atoms with van der Waals surface area (Å²) in [5, 5.41) is 5.76. The van der Waals surface area contributed by atoms with E-state index in [1.165, 1.54) is 17.7 Å². The molecule has 1 amide bonds. The molecule has 0 aliphatic rings. The summed E-state index contributed by atoms with van der Waals surface area (Å²) in [6.45, 7) is 6.82. The average Bonchev–Trinajstić information content (AvgIpc) is 2.95. The van der Waals surface area contributed by atoms with Crippen LogP contribution >= 0.6 is 0 Å². The molecule has 0 fully saturated rings. The van der Waals surface area contributed by atoms with Gasteiger partial charge in [0.1, 0.15) is 29.6 Å². The van der Waals surface area contributed by atoms with Crippen LogP contribution in [0, 0.1) is 11.7 Å². The first-order valence-electron chi connectivity index (χ1n) is 13.5. The number of aldehydes is 1. The highest BCUT2D eigenvalue weighted by atomic mass is 19.1. The second-order valence-electron chi connectivity index (χ2n) is 9.81. The quantitative estimate of drug-likeness (QED) is 0.163. The summed E-state index contributed by atoms with van der Waals surface area (Å²) in [5.74, 6) is 1.28. The van der Waals surface area contributed by atoms with E-state index in [0.29, 0.717) is 18.8 Å². The Kier molecular flexibility index (Phi) is 14.8. The number of carbonyl (C=O) groups is 2. The summed E-state index contributed by atoms with van der Waals surface area (Å²) >= 11 is 0. The van der Waals surface area contributed by atoms with Crippen LogP contribution in [-0.4, -0.2) is 31.9 Å². The first-order chi connectivity index (χ1) is 19.3. The third-order valence-electron chi connectivity index (χ3n) is 5.86. The third kappa shape index (κ3) is 13.7. The highest BCUT2D eigenvalue weighted by Crippen LogP contribution is 2.22. The lowest BCUT2D eigenvalue weighted by atomic mass is 10.0. The fraction of sp³-hybridized carbons (Fsp3) is 0.333. The van der Waals surface area contributed by atoms with Gasteiger partial charge in [0.25, 0.3) is 0 Å². The zero-order chi connectivity index (χ0) is 29.2. The Balaban J connectivity index is 0.000000302. The number of hydrogen-bond acceptors (Lipinski definition) is 5. The molecule has 0 bridgehead atoms. The van der Waals surface area contributed by atoms with Crippen LogP contribution in [0.4, 0.5) is 10.1 Å². The molecule has 2 atom stereocenters. The van der Waals surface area contributed by atoms with Gasteiger partial charge in [-0.15, -0.1) is 0 Å². The molecule has 214 valence electrons. The molecule has 0 heterocycles. The number of carbonyl (C=O) groups excluding carboxylic acids is 2. The van der Waals surface area contributed by atoms with E-state index in [1.54, 1.807) is 12.1 Å². The summed E-state index contributed by atoms with van der Waals surface area (Å²) in [5.41, 5.74) is 3.36. The average molecular weight is 549 g/mol. The molecule has 0 radical (unpaired) electrons. The SMILES string of the molecule is CC(C)=CCC[C@H](C)CC(=O)NC(C=O)COCc1ccccc1.CNc1ccc(Oc2ccc(F)cc2)cc1. The molecule has 40 heavy (non-hydrogen) atoms. The van der Waals surface area contributed by atoms with Gasteiger partial charge in [-0.2, -0.15) is 0 Å². The van der Waals surface area contributed by atoms with Gasteiger partial charge in [0.05, 0.1) is 13.2 Å². The van der Waals surface area contributed by atoms with E-state index < -0.39 is 6.04 Å². The normalized spacial score (nSPS) is 11.7. The van der Waals surface area contributed by atoms with Crippen LogP contribution in [0.3, 0.4) is 0 Å². The number of hydrogen-bond donors (Lipinski definition) is 2. The Morgan fingerprint density at radius 2 is 1.57 bits per heavy atom. The largest absolute Gasteiger partial charge is 0.457 e.